The minimum Gasteiger partial charge on any atom is -0.0996 e. The minimum atomic E-state index is 0.446. The molecule has 0 N–H and O–H groups in total. The zero-order chi connectivity index (χ0) is 12.3. The summed E-state index contributed by atoms with van der Waals surface area (Å²) in [5, 5.41) is 0. The second-order valence-corrected chi connectivity index (χ2v) is 7.15. The molecule has 1 fully saturated rings. The topological polar surface area (TPSA) is 0 Å². The van der Waals surface area contributed by atoms with Crippen molar-refractivity contribution in [1.29, 1.82) is 0 Å². The van der Waals surface area contributed by atoms with Gasteiger partial charge in [0.05, 0.1) is 0 Å². The molecule has 0 aromatic heterocycles. The Morgan fingerprint density at radius 3 is 2.62 bits per heavy atom. The molecule has 0 aromatic carbocycles. The van der Waals surface area contributed by atoms with Gasteiger partial charge in [0.15, 0.2) is 0 Å². The van der Waals surface area contributed by atoms with Crippen LogP contribution in [0.2, 0.25) is 0 Å². The summed E-state index contributed by atoms with van der Waals surface area (Å²) >= 11 is 3.63. The molecule has 0 nitrogen and oxygen atoms in total. The van der Waals surface area contributed by atoms with Crippen molar-refractivity contribution in [3.8, 4) is 0 Å². The summed E-state index contributed by atoms with van der Waals surface area (Å²) in [6.07, 6.45) is 7.16. The molecule has 16 heavy (non-hydrogen) atoms. The molecule has 0 spiro atoms. The fourth-order valence-electron chi connectivity index (χ4n) is 2.56. The van der Waals surface area contributed by atoms with Gasteiger partial charge in [-0.15, -0.1) is 0 Å². The van der Waals surface area contributed by atoms with E-state index >= 15 is 0 Å². The maximum absolute atomic E-state index is 4.25. The van der Waals surface area contributed by atoms with Gasteiger partial charge in [-0.3, -0.25) is 0 Å². The quantitative estimate of drug-likeness (QED) is 0.571. The zero-order valence-corrected chi connectivity index (χ0v) is 12.7. The van der Waals surface area contributed by atoms with Crippen LogP contribution < -0.4 is 0 Å². The fourth-order valence-corrected chi connectivity index (χ4v) is 2.95. The fraction of sp³-hybridized carbons (Fsp3) is 0.733. The van der Waals surface area contributed by atoms with Crippen molar-refractivity contribution in [2.45, 2.75) is 53.4 Å². The Kier molecular flexibility index (Phi) is 4.85. The summed E-state index contributed by atoms with van der Waals surface area (Å²) in [6.45, 7) is 13.5. The van der Waals surface area contributed by atoms with Crippen LogP contribution in [-0.2, 0) is 0 Å². The van der Waals surface area contributed by atoms with Crippen LogP contribution in [0.15, 0.2) is 22.7 Å². The molecule has 1 saturated carbocycles. The largest absolute Gasteiger partial charge is 0.0996 e. The van der Waals surface area contributed by atoms with E-state index in [1.165, 1.54) is 29.3 Å². The van der Waals surface area contributed by atoms with Crippen molar-refractivity contribution in [1.82, 2.24) is 0 Å². The smallest absolute Gasteiger partial charge is 0.00860 e. The third-order valence-corrected chi connectivity index (χ3v) is 4.72. The van der Waals surface area contributed by atoms with Gasteiger partial charge in [-0.1, -0.05) is 54.9 Å². The Hall–Kier alpha value is -0.0400. The van der Waals surface area contributed by atoms with Crippen LogP contribution in [-0.4, -0.2) is 0 Å². The predicted octanol–water partition coefficient (Wildman–Crippen LogP) is 5.69. The third-order valence-electron chi connectivity index (χ3n) is 3.94. The molecule has 1 aliphatic carbocycles. The van der Waals surface area contributed by atoms with E-state index < -0.39 is 0 Å². The second-order valence-electron chi connectivity index (χ2n) is 6.13. The predicted molar refractivity (Wildman–Crippen MR) is 76.7 cm³/mol. The molecule has 0 saturated heterocycles. The monoisotopic (exact) mass is 284 g/mol. The summed E-state index contributed by atoms with van der Waals surface area (Å²) in [7, 11) is 0. The summed E-state index contributed by atoms with van der Waals surface area (Å²) < 4.78 is 1.33. The molecule has 0 heterocycles. The molecule has 0 amide bonds. The van der Waals surface area contributed by atoms with Crippen molar-refractivity contribution in [3.05, 3.63) is 22.7 Å². The molecular formula is C15H25Br. The average molecular weight is 285 g/mol. The molecule has 0 radical (unpaired) electrons. The lowest BCUT2D eigenvalue weighted by atomic mass is 9.67. The third kappa shape index (κ3) is 3.76. The Bertz CT molecular complexity index is 280. The van der Waals surface area contributed by atoms with E-state index in [-0.39, 0.29) is 0 Å². The first-order chi connectivity index (χ1) is 7.34. The van der Waals surface area contributed by atoms with E-state index in [0.29, 0.717) is 11.3 Å². The lowest BCUT2D eigenvalue weighted by Gasteiger charge is -2.39. The maximum atomic E-state index is 4.25. The van der Waals surface area contributed by atoms with E-state index in [0.717, 1.165) is 12.3 Å². The van der Waals surface area contributed by atoms with Gasteiger partial charge < -0.3 is 0 Å². The first kappa shape index (κ1) is 14.0. The highest BCUT2D eigenvalue weighted by atomic mass is 79.9. The van der Waals surface area contributed by atoms with Crippen LogP contribution in [0, 0.1) is 17.3 Å². The van der Waals surface area contributed by atoms with Gasteiger partial charge in [-0.05, 0) is 54.3 Å². The average Bonchev–Trinajstić information content (AvgIpc) is 2.19. The summed E-state index contributed by atoms with van der Waals surface area (Å²) in [4.78, 5) is 0. The van der Waals surface area contributed by atoms with Crippen LogP contribution >= 0.6 is 15.9 Å². The van der Waals surface area contributed by atoms with Gasteiger partial charge in [0.1, 0.15) is 0 Å². The molecule has 1 aliphatic rings. The molecule has 2 atom stereocenters. The van der Waals surface area contributed by atoms with Crippen molar-refractivity contribution >= 4 is 15.9 Å². The molecule has 1 rings (SSSR count). The molecule has 0 aliphatic heterocycles. The van der Waals surface area contributed by atoms with Crippen LogP contribution in [0.3, 0.4) is 0 Å². The van der Waals surface area contributed by atoms with E-state index in [1.807, 2.05) is 0 Å². The van der Waals surface area contributed by atoms with Gasteiger partial charge in [0, 0.05) is 0 Å². The Balaban J connectivity index is 2.66. The van der Waals surface area contributed by atoms with Crippen LogP contribution in [0.1, 0.15) is 53.4 Å². The molecule has 0 bridgehead atoms. The van der Waals surface area contributed by atoms with Crippen molar-refractivity contribution in [2.24, 2.45) is 17.3 Å². The maximum Gasteiger partial charge on any atom is -0.00860 e. The Labute approximate surface area is 109 Å². The number of allylic oxidation sites excluding steroid dienone is 3. The van der Waals surface area contributed by atoms with Gasteiger partial charge in [-0.2, -0.15) is 0 Å². The lowest BCUT2D eigenvalue weighted by molar-refractivity contribution is 0.170. The normalized spacial score (nSPS) is 28.3. The Morgan fingerprint density at radius 2 is 2.12 bits per heavy atom. The first-order valence-corrected chi connectivity index (χ1v) is 7.12. The summed E-state index contributed by atoms with van der Waals surface area (Å²) in [5.74, 6) is 1.53. The van der Waals surface area contributed by atoms with Gasteiger partial charge >= 0.3 is 0 Å². The van der Waals surface area contributed by atoms with Crippen LogP contribution in [0.5, 0.6) is 0 Å². The molecular weight excluding hydrogens is 260 g/mol. The van der Waals surface area contributed by atoms with Gasteiger partial charge in [0.25, 0.3) is 0 Å². The SMILES string of the molecule is C=C1CC[C@H](C(C)(C)C)C[C@@H]1C/C(Br)=C\C. The summed E-state index contributed by atoms with van der Waals surface area (Å²) in [5.41, 5.74) is 1.90. The van der Waals surface area contributed by atoms with E-state index in [4.69, 9.17) is 0 Å². The number of hydrogen-bond donors (Lipinski definition) is 0. The molecule has 92 valence electrons. The highest BCUT2D eigenvalue weighted by Crippen LogP contribution is 2.44. The summed E-state index contributed by atoms with van der Waals surface area (Å²) in [6, 6.07) is 0. The lowest BCUT2D eigenvalue weighted by Crippen LogP contribution is -2.27. The number of halogens is 1. The highest BCUT2D eigenvalue weighted by Gasteiger charge is 2.32. The van der Waals surface area contributed by atoms with E-state index in [2.05, 4.69) is 56.3 Å². The standard InChI is InChI=1S/C15H25Br/c1-6-14(16)10-12-9-13(15(3,4)5)8-7-11(12)2/h6,12-13H,2,7-10H2,1,3-5H3/b14-6+/t12-,13+/m1/s1. The van der Waals surface area contributed by atoms with E-state index in [1.54, 1.807) is 0 Å². The van der Waals surface area contributed by atoms with Crippen molar-refractivity contribution < 1.29 is 0 Å². The molecule has 0 unspecified atom stereocenters. The van der Waals surface area contributed by atoms with Crippen LogP contribution in [0.4, 0.5) is 0 Å². The van der Waals surface area contributed by atoms with Gasteiger partial charge in [0.2, 0.25) is 0 Å². The van der Waals surface area contributed by atoms with Crippen LogP contribution in [0.25, 0.3) is 0 Å². The van der Waals surface area contributed by atoms with Gasteiger partial charge in [-0.25, -0.2) is 0 Å². The number of hydrogen-bond acceptors (Lipinski definition) is 0. The molecule has 1 heteroatoms. The zero-order valence-electron chi connectivity index (χ0n) is 11.1. The first-order valence-electron chi connectivity index (χ1n) is 6.33. The Morgan fingerprint density at radius 1 is 1.50 bits per heavy atom. The number of rotatable bonds is 2. The van der Waals surface area contributed by atoms with Crippen molar-refractivity contribution in [3.63, 3.8) is 0 Å². The van der Waals surface area contributed by atoms with E-state index in [9.17, 15) is 0 Å². The molecule has 0 aromatic rings. The van der Waals surface area contributed by atoms with Crippen molar-refractivity contribution in [2.75, 3.05) is 0 Å². The minimum absolute atomic E-state index is 0.446. The highest BCUT2D eigenvalue weighted by molar-refractivity contribution is 9.11. The second kappa shape index (κ2) is 5.53.